The van der Waals surface area contributed by atoms with Gasteiger partial charge in [0.15, 0.2) is 0 Å². The Labute approximate surface area is 147 Å². The van der Waals surface area contributed by atoms with Crippen LogP contribution < -0.4 is 5.32 Å². The summed E-state index contributed by atoms with van der Waals surface area (Å²) in [4.78, 5) is 5.23. The van der Waals surface area contributed by atoms with Crippen LogP contribution in [0.15, 0.2) is 42.6 Å². The lowest BCUT2D eigenvalue weighted by atomic mass is 10.0. The number of piperidine rings is 1. The minimum Gasteiger partial charge on any atom is -0.360 e. The molecule has 0 saturated carbocycles. The van der Waals surface area contributed by atoms with Gasteiger partial charge in [0.2, 0.25) is 0 Å². The average molecular weight is 340 g/mol. The molecule has 3 rings (SSSR count). The fourth-order valence-corrected chi connectivity index (χ4v) is 3.36. The Kier molecular flexibility index (Phi) is 5.34. The largest absolute Gasteiger partial charge is 0.360 e. The minimum absolute atomic E-state index is 0.245. The molecule has 0 radical (unpaired) electrons. The van der Waals surface area contributed by atoms with Crippen molar-refractivity contribution >= 4 is 22.3 Å². The summed E-state index contributed by atoms with van der Waals surface area (Å²) >= 11 is 0. The van der Waals surface area contributed by atoms with E-state index in [2.05, 4.69) is 15.2 Å². The van der Waals surface area contributed by atoms with Crippen LogP contribution in [0.4, 0.5) is 4.39 Å². The van der Waals surface area contributed by atoms with Crippen molar-refractivity contribution in [1.82, 2.24) is 15.2 Å². The van der Waals surface area contributed by atoms with Gasteiger partial charge in [-0.15, -0.1) is 0 Å². The van der Waals surface area contributed by atoms with E-state index in [-0.39, 0.29) is 5.82 Å². The first kappa shape index (κ1) is 17.4. The third kappa shape index (κ3) is 3.82. The number of nitrogens with zero attached hydrogens (tertiary/aromatic N) is 1. The van der Waals surface area contributed by atoms with Crippen LogP contribution in [-0.2, 0) is 0 Å². The number of halogens is 1. The number of likely N-dealkylation sites (tertiary alicyclic amines) is 1. The van der Waals surface area contributed by atoms with Crippen LogP contribution in [0.1, 0.15) is 25.3 Å². The van der Waals surface area contributed by atoms with Gasteiger partial charge in [0.25, 0.3) is 0 Å². The molecule has 2 heterocycles. The number of hydrogen-bond acceptors (Lipinski definition) is 2. The van der Waals surface area contributed by atoms with Gasteiger partial charge in [0.1, 0.15) is 11.7 Å². The van der Waals surface area contributed by atoms with Gasteiger partial charge >= 0.3 is 0 Å². The number of H-pyrrole nitrogens is 1. The topological polar surface area (TPSA) is 54.9 Å². The predicted molar refractivity (Wildman–Crippen MR) is 102 cm³/mol. The lowest BCUT2D eigenvalue weighted by Gasteiger charge is -2.32. The van der Waals surface area contributed by atoms with Crippen molar-refractivity contribution in [3.8, 4) is 0 Å². The molecule has 3 N–H and O–H groups in total. The van der Waals surface area contributed by atoms with E-state index in [9.17, 15) is 4.39 Å². The number of amidine groups is 1. The summed E-state index contributed by atoms with van der Waals surface area (Å²) in [7, 11) is 2.00. The zero-order valence-corrected chi connectivity index (χ0v) is 14.8. The van der Waals surface area contributed by atoms with E-state index < -0.39 is 0 Å². The van der Waals surface area contributed by atoms with Crippen LogP contribution in [-0.4, -0.2) is 41.9 Å². The van der Waals surface area contributed by atoms with Crippen LogP contribution in [0.3, 0.4) is 0 Å². The molecule has 0 atom stereocenters. The molecule has 132 valence electrons. The van der Waals surface area contributed by atoms with Crippen molar-refractivity contribution in [2.75, 3.05) is 20.1 Å². The van der Waals surface area contributed by atoms with E-state index >= 15 is 0 Å². The molecule has 1 fully saturated rings. The first-order valence-electron chi connectivity index (χ1n) is 8.74. The summed E-state index contributed by atoms with van der Waals surface area (Å²) < 4.78 is 13.4. The molecular weight excluding hydrogens is 315 g/mol. The number of aromatic amines is 1. The highest BCUT2D eigenvalue weighted by Gasteiger charge is 2.18. The van der Waals surface area contributed by atoms with Crippen molar-refractivity contribution < 1.29 is 4.39 Å². The Morgan fingerprint density at radius 2 is 2.08 bits per heavy atom. The number of fused-ring (bicyclic) bond motifs is 1. The van der Waals surface area contributed by atoms with Crippen molar-refractivity contribution in [3.05, 3.63) is 54.0 Å². The molecule has 4 nitrogen and oxygen atoms in total. The molecule has 0 spiro atoms. The molecule has 1 aliphatic heterocycles. The Bertz CT molecular complexity index is 810. The normalized spacial score (nSPS) is 16.9. The van der Waals surface area contributed by atoms with E-state index in [1.54, 1.807) is 6.07 Å². The van der Waals surface area contributed by atoms with Gasteiger partial charge in [-0.05, 0) is 56.7 Å². The highest BCUT2D eigenvalue weighted by atomic mass is 19.1. The smallest absolute Gasteiger partial charge is 0.125 e. The fourth-order valence-electron chi connectivity index (χ4n) is 3.36. The minimum atomic E-state index is -0.245. The van der Waals surface area contributed by atoms with Gasteiger partial charge in [-0.3, -0.25) is 5.41 Å². The Hall–Kier alpha value is -2.40. The molecular formula is C20H25FN4. The van der Waals surface area contributed by atoms with E-state index in [0.717, 1.165) is 48.0 Å². The van der Waals surface area contributed by atoms with Crippen LogP contribution in [0, 0.1) is 11.2 Å². The second kappa shape index (κ2) is 7.66. The number of hydrogen-bond donors (Lipinski definition) is 3. The van der Waals surface area contributed by atoms with Crippen LogP contribution in [0.2, 0.25) is 0 Å². The van der Waals surface area contributed by atoms with E-state index in [4.69, 9.17) is 5.41 Å². The Balaban J connectivity index is 1.73. The standard InChI is InChI=1S/C20H25FN4/c1-3-14(18-13-24-19-12-15(21)5-6-17(18)19)4-7-20(22)25-10-8-16(23-2)9-11-25/h3-7,12-13,16,22-24H,8-11H2,1-2H3/b7-4-,14-3+,22-20?. The van der Waals surface area contributed by atoms with E-state index in [1.165, 1.54) is 12.1 Å². The Morgan fingerprint density at radius 3 is 2.76 bits per heavy atom. The summed E-state index contributed by atoms with van der Waals surface area (Å²) in [5.74, 6) is 0.296. The van der Waals surface area contributed by atoms with Crippen molar-refractivity contribution in [1.29, 1.82) is 5.41 Å². The second-order valence-electron chi connectivity index (χ2n) is 6.40. The third-order valence-corrected chi connectivity index (χ3v) is 4.93. The predicted octanol–water partition coefficient (Wildman–Crippen LogP) is 3.93. The van der Waals surface area contributed by atoms with Gasteiger partial charge in [-0.1, -0.05) is 12.2 Å². The highest BCUT2D eigenvalue weighted by Crippen LogP contribution is 2.26. The summed E-state index contributed by atoms with van der Waals surface area (Å²) in [5.41, 5.74) is 2.83. The number of rotatable bonds is 4. The van der Waals surface area contributed by atoms with Crippen LogP contribution in [0.5, 0.6) is 0 Å². The summed E-state index contributed by atoms with van der Waals surface area (Å²) in [6, 6.07) is 5.33. The zero-order valence-electron chi connectivity index (χ0n) is 14.8. The van der Waals surface area contributed by atoms with Gasteiger partial charge < -0.3 is 15.2 Å². The molecule has 0 aliphatic carbocycles. The molecule has 25 heavy (non-hydrogen) atoms. The van der Waals surface area contributed by atoms with E-state index in [1.807, 2.05) is 38.4 Å². The summed E-state index contributed by atoms with van der Waals surface area (Å²) in [5, 5.41) is 12.6. The molecule has 5 heteroatoms. The number of aromatic nitrogens is 1. The molecule has 1 aromatic carbocycles. The second-order valence-corrected chi connectivity index (χ2v) is 6.40. The Morgan fingerprint density at radius 1 is 1.32 bits per heavy atom. The molecule has 0 bridgehead atoms. The molecule has 0 amide bonds. The van der Waals surface area contributed by atoms with Crippen LogP contribution >= 0.6 is 0 Å². The molecule has 0 unspecified atom stereocenters. The van der Waals surface area contributed by atoms with E-state index in [0.29, 0.717) is 11.9 Å². The van der Waals surface area contributed by atoms with Gasteiger partial charge in [-0.2, -0.15) is 0 Å². The van der Waals surface area contributed by atoms with Crippen molar-refractivity contribution in [2.24, 2.45) is 0 Å². The quantitative estimate of drug-likeness (QED) is 0.449. The summed E-state index contributed by atoms with van der Waals surface area (Å²) in [6.07, 6.45) is 9.87. The molecule has 1 saturated heterocycles. The number of allylic oxidation sites excluding steroid dienone is 3. The molecule has 1 aromatic heterocycles. The molecule has 1 aliphatic rings. The monoisotopic (exact) mass is 340 g/mol. The maximum Gasteiger partial charge on any atom is 0.125 e. The van der Waals surface area contributed by atoms with Gasteiger partial charge in [0, 0.05) is 41.8 Å². The molecule has 2 aromatic rings. The maximum atomic E-state index is 13.4. The first-order valence-corrected chi connectivity index (χ1v) is 8.74. The highest BCUT2D eigenvalue weighted by molar-refractivity contribution is 5.98. The van der Waals surface area contributed by atoms with Gasteiger partial charge in [-0.25, -0.2) is 4.39 Å². The third-order valence-electron chi connectivity index (χ3n) is 4.93. The SMILES string of the molecule is C/C=C(\C=C/C(=N)N1CCC(NC)CC1)c1c[nH]c2cc(F)ccc12. The zero-order chi connectivity index (χ0) is 17.8. The summed E-state index contributed by atoms with van der Waals surface area (Å²) in [6.45, 7) is 3.79. The van der Waals surface area contributed by atoms with Crippen molar-refractivity contribution in [3.63, 3.8) is 0 Å². The maximum absolute atomic E-state index is 13.4. The number of benzene rings is 1. The number of nitrogens with one attached hydrogen (secondary N) is 3. The van der Waals surface area contributed by atoms with Gasteiger partial charge in [0.05, 0.1) is 0 Å². The van der Waals surface area contributed by atoms with Crippen molar-refractivity contribution in [2.45, 2.75) is 25.8 Å². The van der Waals surface area contributed by atoms with Crippen LogP contribution in [0.25, 0.3) is 16.5 Å². The first-order chi connectivity index (χ1) is 12.1. The average Bonchev–Trinajstić information content (AvgIpc) is 3.05. The lowest BCUT2D eigenvalue weighted by Crippen LogP contribution is -2.43. The lowest BCUT2D eigenvalue weighted by molar-refractivity contribution is 0.291. The fraction of sp³-hybridized carbons (Fsp3) is 0.350.